The summed E-state index contributed by atoms with van der Waals surface area (Å²) < 4.78 is 10.4. The smallest absolute Gasteiger partial charge is 0.224 e. The SMILES string of the molecule is COc1cc(NC(=O)CCC2CCNCC2)cc(OC)c1. The maximum atomic E-state index is 12.0. The Bertz CT molecular complexity index is 448. The molecule has 0 unspecified atom stereocenters. The van der Waals surface area contributed by atoms with Gasteiger partial charge < -0.3 is 20.1 Å². The van der Waals surface area contributed by atoms with Crippen LogP contribution in [0.25, 0.3) is 0 Å². The van der Waals surface area contributed by atoms with E-state index in [9.17, 15) is 4.79 Å². The molecule has 0 radical (unpaired) electrons. The van der Waals surface area contributed by atoms with Crippen LogP contribution in [0.2, 0.25) is 0 Å². The van der Waals surface area contributed by atoms with Crippen LogP contribution >= 0.6 is 0 Å². The number of nitrogens with one attached hydrogen (secondary N) is 2. The van der Waals surface area contributed by atoms with Crippen molar-refractivity contribution in [3.8, 4) is 11.5 Å². The third-order valence-corrected chi connectivity index (χ3v) is 3.87. The van der Waals surface area contributed by atoms with Crippen molar-refractivity contribution < 1.29 is 14.3 Å². The summed E-state index contributed by atoms with van der Waals surface area (Å²) in [6, 6.07) is 5.38. The molecule has 21 heavy (non-hydrogen) atoms. The topological polar surface area (TPSA) is 59.6 Å². The minimum Gasteiger partial charge on any atom is -0.497 e. The minimum absolute atomic E-state index is 0.0452. The lowest BCUT2D eigenvalue weighted by Gasteiger charge is -2.22. The largest absolute Gasteiger partial charge is 0.497 e. The molecule has 0 aromatic heterocycles. The van der Waals surface area contributed by atoms with Crippen molar-refractivity contribution in [3.05, 3.63) is 18.2 Å². The number of methoxy groups -OCH3 is 2. The van der Waals surface area contributed by atoms with E-state index in [4.69, 9.17) is 9.47 Å². The minimum atomic E-state index is 0.0452. The molecule has 1 aliphatic rings. The number of hydrogen-bond donors (Lipinski definition) is 2. The average Bonchev–Trinajstić information content (AvgIpc) is 2.53. The quantitative estimate of drug-likeness (QED) is 0.845. The summed E-state index contributed by atoms with van der Waals surface area (Å²) in [5, 5.41) is 6.26. The predicted octanol–water partition coefficient (Wildman–Crippen LogP) is 2.42. The molecule has 0 bridgehead atoms. The highest BCUT2D eigenvalue weighted by atomic mass is 16.5. The molecule has 0 spiro atoms. The summed E-state index contributed by atoms with van der Waals surface area (Å²) >= 11 is 0. The van der Waals surface area contributed by atoms with E-state index in [1.807, 2.05) is 0 Å². The van der Waals surface area contributed by atoms with Crippen molar-refractivity contribution in [2.75, 3.05) is 32.6 Å². The van der Waals surface area contributed by atoms with Gasteiger partial charge in [0.2, 0.25) is 5.91 Å². The third-order valence-electron chi connectivity index (χ3n) is 3.87. The molecule has 2 N–H and O–H groups in total. The zero-order valence-electron chi connectivity index (χ0n) is 12.8. The number of amides is 1. The van der Waals surface area contributed by atoms with Gasteiger partial charge in [-0.3, -0.25) is 4.79 Å². The van der Waals surface area contributed by atoms with Crippen LogP contribution in [0.15, 0.2) is 18.2 Å². The second-order valence-electron chi connectivity index (χ2n) is 5.38. The first-order valence-corrected chi connectivity index (χ1v) is 7.45. The van der Waals surface area contributed by atoms with Crippen LogP contribution in [0.1, 0.15) is 25.7 Å². The van der Waals surface area contributed by atoms with Gasteiger partial charge in [0.05, 0.1) is 14.2 Å². The van der Waals surface area contributed by atoms with Gasteiger partial charge in [-0.1, -0.05) is 0 Å². The van der Waals surface area contributed by atoms with Crippen molar-refractivity contribution in [2.24, 2.45) is 5.92 Å². The van der Waals surface area contributed by atoms with Gasteiger partial charge in [-0.05, 0) is 38.3 Å². The van der Waals surface area contributed by atoms with E-state index in [-0.39, 0.29) is 5.91 Å². The number of rotatable bonds is 6. The van der Waals surface area contributed by atoms with Gasteiger partial charge in [-0.15, -0.1) is 0 Å². The van der Waals surface area contributed by atoms with Crippen molar-refractivity contribution in [3.63, 3.8) is 0 Å². The van der Waals surface area contributed by atoms with Crippen molar-refractivity contribution in [1.82, 2.24) is 5.32 Å². The lowest BCUT2D eigenvalue weighted by molar-refractivity contribution is -0.116. The van der Waals surface area contributed by atoms with Gasteiger partial charge in [-0.2, -0.15) is 0 Å². The van der Waals surface area contributed by atoms with E-state index in [0.29, 0.717) is 29.5 Å². The van der Waals surface area contributed by atoms with Gasteiger partial charge in [0.15, 0.2) is 0 Å². The number of carbonyl (C=O) groups excluding carboxylic acids is 1. The highest BCUT2D eigenvalue weighted by Crippen LogP contribution is 2.26. The molecular weight excluding hydrogens is 268 g/mol. The normalized spacial score (nSPS) is 15.5. The number of carbonyl (C=O) groups is 1. The first-order valence-electron chi connectivity index (χ1n) is 7.45. The number of piperidine rings is 1. The fraction of sp³-hybridized carbons (Fsp3) is 0.562. The van der Waals surface area contributed by atoms with Gasteiger partial charge in [-0.25, -0.2) is 0 Å². The Labute approximate surface area is 126 Å². The Morgan fingerprint density at radius 2 is 1.81 bits per heavy atom. The number of benzene rings is 1. The summed E-state index contributed by atoms with van der Waals surface area (Å²) in [5.41, 5.74) is 0.710. The molecule has 1 aromatic rings. The highest BCUT2D eigenvalue weighted by molar-refractivity contribution is 5.91. The zero-order chi connectivity index (χ0) is 15.1. The van der Waals surface area contributed by atoms with Crippen molar-refractivity contribution in [1.29, 1.82) is 0 Å². The second-order valence-corrected chi connectivity index (χ2v) is 5.38. The van der Waals surface area contributed by atoms with Gasteiger partial charge in [0.25, 0.3) is 0 Å². The van der Waals surface area contributed by atoms with Crippen LogP contribution in [0.3, 0.4) is 0 Å². The molecule has 2 rings (SSSR count). The number of anilines is 1. The summed E-state index contributed by atoms with van der Waals surface area (Å²) in [5.74, 6) is 2.05. The Hall–Kier alpha value is -1.75. The first kappa shape index (κ1) is 15.6. The summed E-state index contributed by atoms with van der Waals surface area (Å²) in [6.07, 6.45) is 3.85. The second kappa shape index (κ2) is 7.88. The van der Waals surface area contributed by atoms with Crippen LogP contribution in [0, 0.1) is 5.92 Å². The van der Waals surface area contributed by atoms with Crippen LogP contribution in [0.5, 0.6) is 11.5 Å². The maximum Gasteiger partial charge on any atom is 0.224 e. The van der Waals surface area contributed by atoms with Crippen molar-refractivity contribution >= 4 is 11.6 Å². The van der Waals surface area contributed by atoms with Crippen LogP contribution < -0.4 is 20.1 Å². The standard InChI is InChI=1S/C16H24N2O3/c1-20-14-9-13(10-15(11-14)21-2)18-16(19)4-3-12-5-7-17-8-6-12/h9-12,17H,3-8H2,1-2H3,(H,18,19). The summed E-state index contributed by atoms with van der Waals surface area (Å²) in [7, 11) is 3.19. The molecule has 1 aliphatic heterocycles. The summed E-state index contributed by atoms with van der Waals surface area (Å²) in [6.45, 7) is 2.14. The maximum absolute atomic E-state index is 12.0. The van der Waals surface area contributed by atoms with E-state index < -0.39 is 0 Å². The van der Waals surface area contributed by atoms with Crippen LogP contribution in [-0.2, 0) is 4.79 Å². The lowest BCUT2D eigenvalue weighted by Crippen LogP contribution is -2.28. The average molecular weight is 292 g/mol. The molecule has 0 atom stereocenters. The first-order chi connectivity index (χ1) is 10.2. The van der Waals surface area contributed by atoms with E-state index in [0.717, 1.165) is 19.5 Å². The Morgan fingerprint density at radius 3 is 2.38 bits per heavy atom. The summed E-state index contributed by atoms with van der Waals surface area (Å²) in [4.78, 5) is 12.0. The van der Waals surface area contributed by atoms with E-state index in [1.165, 1.54) is 12.8 Å². The van der Waals surface area contributed by atoms with Crippen LogP contribution in [-0.4, -0.2) is 33.2 Å². The lowest BCUT2D eigenvalue weighted by atomic mass is 9.93. The number of ether oxygens (including phenoxy) is 2. The van der Waals surface area contributed by atoms with Gasteiger partial charge in [0, 0.05) is 30.3 Å². The molecule has 1 amide bonds. The monoisotopic (exact) mass is 292 g/mol. The Balaban J connectivity index is 1.86. The molecule has 5 heteroatoms. The molecule has 0 aliphatic carbocycles. The zero-order valence-corrected chi connectivity index (χ0v) is 12.8. The third kappa shape index (κ3) is 4.93. The molecule has 116 valence electrons. The molecule has 1 saturated heterocycles. The molecule has 0 saturated carbocycles. The van der Waals surface area contributed by atoms with Crippen LogP contribution in [0.4, 0.5) is 5.69 Å². The van der Waals surface area contributed by atoms with E-state index in [2.05, 4.69) is 10.6 Å². The highest BCUT2D eigenvalue weighted by Gasteiger charge is 2.14. The molecule has 1 fully saturated rings. The molecule has 1 heterocycles. The number of hydrogen-bond acceptors (Lipinski definition) is 4. The fourth-order valence-electron chi connectivity index (χ4n) is 2.61. The van der Waals surface area contributed by atoms with Crippen molar-refractivity contribution in [2.45, 2.75) is 25.7 Å². The van der Waals surface area contributed by atoms with Gasteiger partial charge >= 0.3 is 0 Å². The molecular formula is C16H24N2O3. The predicted molar refractivity (Wildman–Crippen MR) is 83.0 cm³/mol. The Morgan fingerprint density at radius 1 is 1.19 bits per heavy atom. The van der Waals surface area contributed by atoms with Gasteiger partial charge in [0.1, 0.15) is 11.5 Å². The van der Waals surface area contributed by atoms with E-state index >= 15 is 0 Å². The molecule has 1 aromatic carbocycles. The van der Waals surface area contributed by atoms with E-state index in [1.54, 1.807) is 32.4 Å². The Kier molecular flexibility index (Phi) is 5.87. The molecule has 5 nitrogen and oxygen atoms in total. The fourth-order valence-corrected chi connectivity index (χ4v) is 2.61.